The van der Waals surface area contributed by atoms with E-state index >= 15 is 0 Å². The molecule has 0 aromatic rings. The molecule has 0 heterocycles. The summed E-state index contributed by atoms with van der Waals surface area (Å²) in [7, 11) is 2.83. The lowest BCUT2D eigenvalue weighted by Gasteiger charge is -1.90. The molecule has 0 saturated carbocycles. The summed E-state index contributed by atoms with van der Waals surface area (Å²) in [6, 6.07) is 0. The highest BCUT2D eigenvalue weighted by atomic mass is 33.1. The van der Waals surface area contributed by atoms with Crippen LogP contribution in [-0.4, -0.2) is 23.6 Å². The number of carbonyl (C=O) groups is 2. The van der Waals surface area contributed by atoms with Crippen molar-refractivity contribution in [1.82, 2.24) is 0 Å². The first-order chi connectivity index (χ1) is 4.27. The van der Waals surface area contributed by atoms with Gasteiger partial charge < -0.3 is 4.79 Å². The Labute approximate surface area is 62.2 Å². The molecule has 0 saturated heterocycles. The van der Waals surface area contributed by atoms with E-state index in [-0.39, 0.29) is 5.78 Å². The number of aldehydes is 1. The Kier molecular flexibility index (Phi) is 6.19. The van der Waals surface area contributed by atoms with E-state index in [4.69, 9.17) is 0 Å². The fourth-order valence-electron chi connectivity index (χ4n) is 0.201. The fraction of sp³-hybridized carbons (Fsp3) is 0.600. The van der Waals surface area contributed by atoms with Gasteiger partial charge in [0, 0.05) is 0 Å². The second kappa shape index (κ2) is 6.16. The van der Waals surface area contributed by atoms with Gasteiger partial charge in [0.25, 0.3) is 0 Å². The SMILES string of the molecule is CC(=O)CSSCC=O. The summed E-state index contributed by atoms with van der Waals surface area (Å²) < 4.78 is 0. The highest BCUT2D eigenvalue weighted by Crippen LogP contribution is 2.18. The van der Waals surface area contributed by atoms with Crippen LogP contribution >= 0.6 is 21.6 Å². The Morgan fingerprint density at radius 1 is 1.56 bits per heavy atom. The summed E-state index contributed by atoms with van der Waals surface area (Å²) in [6.45, 7) is 1.54. The van der Waals surface area contributed by atoms with E-state index in [9.17, 15) is 9.59 Å². The van der Waals surface area contributed by atoms with Gasteiger partial charge in [0.15, 0.2) is 0 Å². The average molecular weight is 164 g/mol. The summed E-state index contributed by atoms with van der Waals surface area (Å²) in [5.41, 5.74) is 0. The molecule has 0 amide bonds. The van der Waals surface area contributed by atoms with Crippen molar-refractivity contribution in [2.45, 2.75) is 6.92 Å². The first kappa shape index (κ1) is 9.04. The molecule has 0 N–H and O–H groups in total. The van der Waals surface area contributed by atoms with E-state index in [1.54, 1.807) is 0 Å². The van der Waals surface area contributed by atoms with Crippen molar-refractivity contribution in [1.29, 1.82) is 0 Å². The van der Waals surface area contributed by atoms with Gasteiger partial charge >= 0.3 is 0 Å². The minimum Gasteiger partial charge on any atom is -0.302 e. The normalized spacial score (nSPS) is 9.00. The van der Waals surface area contributed by atoms with Crippen molar-refractivity contribution >= 4 is 33.7 Å². The second-order valence-corrected chi connectivity index (χ2v) is 3.92. The zero-order valence-electron chi connectivity index (χ0n) is 5.12. The molecule has 4 heteroatoms. The lowest BCUT2D eigenvalue weighted by atomic mass is 10.5. The summed E-state index contributed by atoms with van der Waals surface area (Å²) >= 11 is 0. The van der Waals surface area contributed by atoms with E-state index in [1.165, 1.54) is 28.5 Å². The van der Waals surface area contributed by atoms with Crippen LogP contribution in [0.25, 0.3) is 0 Å². The van der Waals surface area contributed by atoms with E-state index in [2.05, 4.69) is 0 Å². The Balaban J connectivity index is 2.91. The predicted octanol–water partition coefficient (Wildman–Crippen LogP) is 1.16. The van der Waals surface area contributed by atoms with Gasteiger partial charge in [0.1, 0.15) is 12.1 Å². The smallest absolute Gasteiger partial charge is 0.140 e. The van der Waals surface area contributed by atoms with E-state index in [0.29, 0.717) is 11.5 Å². The number of Topliss-reactive ketones (excluding diaryl/α,β-unsaturated/α-hetero) is 1. The van der Waals surface area contributed by atoms with Crippen LogP contribution < -0.4 is 0 Å². The van der Waals surface area contributed by atoms with Crippen LogP contribution in [-0.2, 0) is 9.59 Å². The summed E-state index contributed by atoms with van der Waals surface area (Å²) in [5.74, 6) is 1.12. The first-order valence-electron chi connectivity index (χ1n) is 2.45. The van der Waals surface area contributed by atoms with Crippen molar-refractivity contribution < 1.29 is 9.59 Å². The van der Waals surface area contributed by atoms with Gasteiger partial charge in [0.05, 0.1) is 11.5 Å². The molecule has 0 fully saturated rings. The van der Waals surface area contributed by atoms with Gasteiger partial charge in [0.2, 0.25) is 0 Å². The fourth-order valence-corrected chi connectivity index (χ4v) is 1.80. The number of rotatable bonds is 5. The minimum absolute atomic E-state index is 0.151. The number of carbonyl (C=O) groups excluding carboxylic acids is 2. The van der Waals surface area contributed by atoms with Crippen LogP contribution in [0.4, 0.5) is 0 Å². The standard InChI is InChI=1S/C5H8O2S2/c1-5(7)4-9-8-3-2-6/h2H,3-4H2,1H3. The Bertz CT molecular complexity index is 103. The maximum atomic E-state index is 10.3. The molecule has 0 atom stereocenters. The summed E-state index contributed by atoms with van der Waals surface area (Å²) in [6.07, 6.45) is 0.831. The molecular weight excluding hydrogens is 156 g/mol. The number of hydrogen-bond acceptors (Lipinski definition) is 4. The molecule has 0 aliphatic carbocycles. The van der Waals surface area contributed by atoms with E-state index < -0.39 is 0 Å². The summed E-state index contributed by atoms with van der Waals surface area (Å²) in [5, 5.41) is 0. The molecule has 0 aromatic heterocycles. The van der Waals surface area contributed by atoms with Crippen LogP contribution in [0.2, 0.25) is 0 Å². The summed E-state index contributed by atoms with van der Waals surface area (Å²) in [4.78, 5) is 20.0. The highest BCUT2D eigenvalue weighted by molar-refractivity contribution is 8.77. The van der Waals surface area contributed by atoms with Crippen molar-refractivity contribution in [3.63, 3.8) is 0 Å². The van der Waals surface area contributed by atoms with E-state index in [1.807, 2.05) is 0 Å². The molecule has 0 rings (SSSR count). The third-order valence-corrected chi connectivity index (χ3v) is 2.71. The lowest BCUT2D eigenvalue weighted by Crippen LogP contribution is -1.90. The van der Waals surface area contributed by atoms with Crippen molar-refractivity contribution in [2.75, 3.05) is 11.5 Å². The largest absolute Gasteiger partial charge is 0.302 e. The Morgan fingerprint density at radius 2 is 2.22 bits per heavy atom. The van der Waals surface area contributed by atoms with Gasteiger partial charge in [-0.15, -0.1) is 0 Å². The topological polar surface area (TPSA) is 34.1 Å². The second-order valence-electron chi connectivity index (χ2n) is 1.42. The Morgan fingerprint density at radius 3 is 2.67 bits per heavy atom. The van der Waals surface area contributed by atoms with Gasteiger partial charge in [-0.1, -0.05) is 21.6 Å². The van der Waals surface area contributed by atoms with E-state index in [0.717, 1.165) is 6.29 Å². The molecular formula is C5H8O2S2. The maximum absolute atomic E-state index is 10.3. The average Bonchev–Trinajstić information content (AvgIpc) is 1.80. The zero-order chi connectivity index (χ0) is 7.11. The molecule has 0 unspecified atom stereocenters. The van der Waals surface area contributed by atoms with Crippen LogP contribution in [0.5, 0.6) is 0 Å². The number of ketones is 1. The van der Waals surface area contributed by atoms with Crippen molar-refractivity contribution in [2.24, 2.45) is 0 Å². The molecule has 0 radical (unpaired) electrons. The van der Waals surface area contributed by atoms with Gasteiger partial charge in [-0.3, -0.25) is 4.79 Å². The zero-order valence-corrected chi connectivity index (χ0v) is 6.76. The third-order valence-electron chi connectivity index (χ3n) is 0.482. The van der Waals surface area contributed by atoms with Crippen LogP contribution in [0.3, 0.4) is 0 Å². The van der Waals surface area contributed by atoms with Crippen LogP contribution in [0.15, 0.2) is 0 Å². The van der Waals surface area contributed by atoms with Gasteiger partial charge in [-0.05, 0) is 6.92 Å². The van der Waals surface area contributed by atoms with Crippen LogP contribution in [0.1, 0.15) is 6.92 Å². The molecule has 0 spiro atoms. The van der Waals surface area contributed by atoms with Crippen LogP contribution in [0, 0.1) is 0 Å². The third kappa shape index (κ3) is 8.04. The minimum atomic E-state index is 0.151. The molecule has 0 aliphatic heterocycles. The van der Waals surface area contributed by atoms with Crippen molar-refractivity contribution in [3.8, 4) is 0 Å². The Hall–Kier alpha value is 0.0400. The monoisotopic (exact) mass is 164 g/mol. The molecule has 0 aliphatic rings. The quantitative estimate of drug-likeness (QED) is 0.347. The van der Waals surface area contributed by atoms with Crippen molar-refractivity contribution in [3.05, 3.63) is 0 Å². The molecule has 2 nitrogen and oxygen atoms in total. The maximum Gasteiger partial charge on any atom is 0.140 e. The molecule has 52 valence electrons. The number of hydrogen-bond donors (Lipinski definition) is 0. The van der Waals surface area contributed by atoms with Gasteiger partial charge in [-0.25, -0.2) is 0 Å². The predicted molar refractivity (Wildman–Crippen MR) is 41.7 cm³/mol. The lowest BCUT2D eigenvalue weighted by molar-refractivity contribution is -0.114. The van der Waals surface area contributed by atoms with Gasteiger partial charge in [-0.2, -0.15) is 0 Å². The molecule has 9 heavy (non-hydrogen) atoms. The first-order valence-corrected chi connectivity index (χ1v) is 4.93. The molecule has 0 aromatic carbocycles. The molecule has 0 bridgehead atoms. The highest BCUT2D eigenvalue weighted by Gasteiger charge is 1.92.